The van der Waals surface area contributed by atoms with Crippen molar-refractivity contribution < 1.29 is 9.13 Å². The Labute approximate surface area is 134 Å². The average molecular weight is 360 g/mol. The van der Waals surface area contributed by atoms with Crippen LogP contribution in [0.15, 0.2) is 27.7 Å². The molecule has 0 radical (unpaired) electrons. The Kier molecular flexibility index (Phi) is 9.01. The molecule has 0 unspecified atom stereocenters. The van der Waals surface area contributed by atoms with Gasteiger partial charge in [0, 0.05) is 33.4 Å². The predicted octanol–water partition coefficient (Wildman–Crippen LogP) is 2.72. The molecule has 0 aliphatic heterocycles. The third kappa shape index (κ3) is 7.43. The molecule has 6 heteroatoms. The Morgan fingerprint density at radius 1 is 1.38 bits per heavy atom. The number of rotatable bonds is 8. The van der Waals surface area contributed by atoms with Crippen molar-refractivity contribution in [1.29, 1.82) is 0 Å². The summed E-state index contributed by atoms with van der Waals surface area (Å²) in [5.41, 5.74) is 1.08. The number of nitrogens with one attached hydrogen (secondary N) is 2. The predicted molar refractivity (Wildman–Crippen MR) is 88.3 cm³/mol. The molecule has 1 aromatic rings. The second kappa shape index (κ2) is 10.6. The third-order valence-corrected chi connectivity index (χ3v) is 3.42. The molecule has 0 aliphatic rings. The van der Waals surface area contributed by atoms with Crippen LogP contribution in [0, 0.1) is 5.82 Å². The summed E-state index contributed by atoms with van der Waals surface area (Å²) in [7, 11) is 1.69. The van der Waals surface area contributed by atoms with E-state index >= 15 is 0 Å². The zero-order chi connectivity index (χ0) is 15.5. The smallest absolute Gasteiger partial charge is 0.191 e. The van der Waals surface area contributed by atoms with E-state index in [4.69, 9.17) is 4.74 Å². The zero-order valence-corrected chi connectivity index (χ0v) is 14.2. The van der Waals surface area contributed by atoms with Crippen LogP contribution in [0.4, 0.5) is 4.39 Å². The van der Waals surface area contributed by atoms with Gasteiger partial charge in [-0.05, 0) is 53.4 Å². The highest BCUT2D eigenvalue weighted by molar-refractivity contribution is 9.10. The SMILES string of the molecule is CCNC(=NCCCOC)NCCc1ccc(F)c(Br)c1. The summed E-state index contributed by atoms with van der Waals surface area (Å²) in [5.74, 6) is 0.564. The molecule has 0 amide bonds. The second-order valence-electron chi connectivity index (χ2n) is 4.53. The Bertz CT molecular complexity index is 455. The minimum atomic E-state index is -0.236. The lowest BCUT2D eigenvalue weighted by atomic mass is 10.1. The maximum Gasteiger partial charge on any atom is 0.191 e. The van der Waals surface area contributed by atoms with E-state index in [-0.39, 0.29) is 5.82 Å². The van der Waals surface area contributed by atoms with Crippen LogP contribution in [0.1, 0.15) is 18.9 Å². The average Bonchev–Trinajstić information content (AvgIpc) is 2.47. The Hall–Kier alpha value is -1.14. The van der Waals surface area contributed by atoms with E-state index in [9.17, 15) is 4.39 Å². The molecule has 0 saturated heterocycles. The summed E-state index contributed by atoms with van der Waals surface area (Å²) in [4.78, 5) is 4.46. The van der Waals surface area contributed by atoms with Crippen molar-refractivity contribution >= 4 is 21.9 Å². The van der Waals surface area contributed by atoms with Crippen molar-refractivity contribution in [3.8, 4) is 0 Å². The van der Waals surface area contributed by atoms with Crippen molar-refractivity contribution in [2.24, 2.45) is 4.99 Å². The number of methoxy groups -OCH3 is 1. The Morgan fingerprint density at radius 2 is 2.19 bits per heavy atom. The van der Waals surface area contributed by atoms with E-state index in [1.165, 1.54) is 6.07 Å². The van der Waals surface area contributed by atoms with Crippen LogP contribution in [-0.2, 0) is 11.2 Å². The first-order valence-electron chi connectivity index (χ1n) is 7.12. The maximum absolute atomic E-state index is 13.1. The van der Waals surface area contributed by atoms with E-state index in [1.807, 2.05) is 6.92 Å². The number of nitrogens with zero attached hydrogens (tertiary/aromatic N) is 1. The summed E-state index contributed by atoms with van der Waals surface area (Å²) in [6, 6.07) is 5.08. The Morgan fingerprint density at radius 3 is 2.86 bits per heavy atom. The van der Waals surface area contributed by atoms with Crippen LogP contribution in [-0.4, -0.2) is 39.3 Å². The lowest BCUT2D eigenvalue weighted by Crippen LogP contribution is -2.38. The van der Waals surface area contributed by atoms with Gasteiger partial charge >= 0.3 is 0 Å². The number of ether oxygens (including phenoxy) is 1. The molecule has 0 aromatic heterocycles. The highest BCUT2D eigenvalue weighted by Crippen LogP contribution is 2.16. The molecule has 0 aliphatic carbocycles. The van der Waals surface area contributed by atoms with Gasteiger partial charge in [0.2, 0.25) is 0 Å². The van der Waals surface area contributed by atoms with Gasteiger partial charge in [0.25, 0.3) is 0 Å². The lowest BCUT2D eigenvalue weighted by molar-refractivity contribution is 0.197. The molecular weight excluding hydrogens is 337 g/mol. The fourth-order valence-electron chi connectivity index (χ4n) is 1.76. The number of guanidine groups is 1. The monoisotopic (exact) mass is 359 g/mol. The standard InChI is InChI=1S/C15H23BrFN3O/c1-3-18-15(19-8-4-10-21-2)20-9-7-12-5-6-14(17)13(16)11-12/h5-6,11H,3-4,7-10H2,1-2H3,(H2,18,19,20). The molecule has 0 bridgehead atoms. The first kappa shape index (κ1) is 17.9. The number of hydrogen-bond acceptors (Lipinski definition) is 2. The summed E-state index contributed by atoms with van der Waals surface area (Å²) >= 11 is 3.20. The molecular formula is C15H23BrFN3O. The van der Waals surface area contributed by atoms with Gasteiger partial charge in [0.15, 0.2) is 5.96 Å². The number of benzene rings is 1. The zero-order valence-electron chi connectivity index (χ0n) is 12.6. The molecule has 0 fully saturated rings. The summed E-state index contributed by atoms with van der Waals surface area (Å²) in [6.07, 6.45) is 1.71. The van der Waals surface area contributed by atoms with Crippen LogP contribution in [0.2, 0.25) is 0 Å². The molecule has 4 nitrogen and oxygen atoms in total. The fourth-order valence-corrected chi connectivity index (χ4v) is 2.19. The van der Waals surface area contributed by atoms with E-state index in [0.29, 0.717) is 11.1 Å². The topological polar surface area (TPSA) is 45.7 Å². The quantitative estimate of drug-likeness (QED) is 0.426. The van der Waals surface area contributed by atoms with Crippen molar-refractivity contribution in [3.05, 3.63) is 34.1 Å². The van der Waals surface area contributed by atoms with Gasteiger partial charge < -0.3 is 15.4 Å². The summed E-state index contributed by atoms with van der Waals surface area (Å²) in [6.45, 7) is 5.04. The molecule has 0 spiro atoms. The molecule has 2 N–H and O–H groups in total. The van der Waals surface area contributed by atoms with Gasteiger partial charge in [-0.25, -0.2) is 4.39 Å². The summed E-state index contributed by atoms with van der Waals surface area (Å²) in [5, 5.41) is 6.46. The fraction of sp³-hybridized carbons (Fsp3) is 0.533. The van der Waals surface area contributed by atoms with Crippen LogP contribution >= 0.6 is 15.9 Å². The summed E-state index contributed by atoms with van der Waals surface area (Å²) < 4.78 is 18.6. The van der Waals surface area contributed by atoms with Crippen LogP contribution in [0.3, 0.4) is 0 Å². The van der Waals surface area contributed by atoms with Crippen LogP contribution in [0.5, 0.6) is 0 Å². The van der Waals surface area contributed by atoms with Crippen molar-refractivity contribution in [1.82, 2.24) is 10.6 Å². The molecule has 1 rings (SSSR count). The van der Waals surface area contributed by atoms with Gasteiger partial charge in [-0.2, -0.15) is 0 Å². The molecule has 118 valence electrons. The molecule has 1 aromatic carbocycles. The van der Waals surface area contributed by atoms with E-state index in [1.54, 1.807) is 19.2 Å². The van der Waals surface area contributed by atoms with Crippen molar-refractivity contribution in [2.75, 3.05) is 33.4 Å². The van der Waals surface area contributed by atoms with Crippen LogP contribution < -0.4 is 10.6 Å². The first-order valence-corrected chi connectivity index (χ1v) is 7.91. The van der Waals surface area contributed by atoms with E-state index in [0.717, 1.165) is 44.0 Å². The largest absolute Gasteiger partial charge is 0.385 e. The minimum absolute atomic E-state index is 0.236. The van der Waals surface area contributed by atoms with E-state index < -0.39 is 0 Å². The maximum atomic E-state index is 13.1. The molecule has 0 saturated carbocycles. The lowest BCUT2D eigenvalue weighted by Gasteiger charge is -2.11. The number of aliphatic imine (C=N–C) groups is 1. The van der Waals surface area contributed by atoms with Gasteiger partial charge in [-0.1, -0.05) is 6.07 Å². The van der Waals surface area contributed by atoms with Gasteiger partial charge in [0.05, 0.1) is 4.47 Å². The normalized spacial score (nSPS) is 11.5. The molecule has 0 heterocycles. The van der Waals surface area contributed by atoms with Crippen molar-refractivity contribution in [2.45, 2.75) is 19.8 Å². The molecule has 21 heavy (non-hydrogen) atoms. The first-order chi connectivity index (χ1) is 10.2. The number of hydrogen-bond donors (Lipinski definition) is 2. The highest BCUT2D eigenvalue weighted by Gasteiger charge is 2.01. The van der Waals surface area contributed by atoms with Gasteiger partial charge in [-0.15, -0.1) is 0 Å². The van der Waals surface area contributed by atoms with Crippen LogP contribution in [0.25, 0.3) is 0 Å². The van der Waals surface area contributed by atoms with E-state index in [2.05, 4.69) is 31.6 Å². The van der Waals surface area contributed by atoms with Crippen molar-refractivity contribution in [3.63, 3.8) is 0 Å². The Balaban J connectivity index is 2.40. The van der Waals surface area contributed by atoms with Gasteiger partial charge in [-0.3, -0.25) is 4.99 Å². The molecule has 0 atom stereocenters. The minimum Gasteiger partial charge on any atom is -0.385 e. The van der Waals surface area contributed by atoms with Gasteiger partial charge in [0.1, 0.15) is 5.82 Å². The highest BCUT2D eigenvalue weighted by atomic mass is 79.9. The third-order valence-electron chi connectivity index (χ3n) is 2.81. The second-order valence-corrected chi connectivity index (χ2v) is 5.39. The number of halogens is 2.